The number of rotatable bonds is 7. The molecule has 0 aliphatic carbocycles. The molecule has 7 rings (SSSR count). The Morgan fingerprint density at radius 1 is 0.385 bits per heavy atom. The predicted octanol–water partition coefficient (Wildman–Crippen LogP) is 8.18. The van der Waals surface area contributed by atoms with Crippen LogP contribution in [0.25, 0.3) is 10.8 Å². The van der Waals surface area contributed by atoms with Crippen LogP contribution in [-0.2, 0) is 0 Å². The summed E-state index contributed by atoms with van der Waals surface area (Å²) in [6.07, 6.45) is 1.42. The van der Waals surface area contributed by atoms with E-state index in [0.29, 0.717) is 0 Å². The number of hydrogen-bond acceptors (Lipinski definition) is 0. The maximum absolute atomic E-state index is 2.26. The van der Waals surface area contributed by atoms with E-state index < -0.39 is 6.15 Å². The number of hydrogen-bond donors (Lipinski definition) is 1. The quantitative estimate of drug-likeness (QED) is 0.0993. The van der Waals surface area contributed by atoms with Crippen molar-refractivity contribution in [3.63, 3.8) is 0 Å². The summed E-state index contributed by atoms with van der Waals surface area (Å²) in [5, 5.41) is 4.78. The van der Waals surface area contributed by atoms with Crippen LogP contribution >= 0.6 is 0 Å². The molecule has 52 heavy (non-hydrogen) atoms. The standard InChI is InChI=1S/C24H20B.C16H13N.C4H12N.C4H10.B/c1-5-13-21(14-6-1)25(22-15-7-2-8-16-22,23-17-9-3-10-18-23)24-19-11-4-12-20-24;1-2-8-15(9-3-1)17-16-11-10-13-6-4-5-7-14(13)12-16;1-5(2,3)4;1-3-4-2;/h1-20H;1-12,17H;1-4H3;3-4H2,1-2H3;/q-1;;+1;;-1/p+1. The molecule has 2 nitrogen and oxygen atoms in total. The number of benzene rings is 7. The molecule has 0 atom stereocenters. The first kappa shape index (κ1) is 41.3. The lowest BCUT2D eigenvalue weighted by Gasteiger charge is -2.44. The number of nitrogens with zero attached hydrogens (tertiary/aromatic N) is 1. The molecule has 0 aliphatic heterocycles. The fourth-order valence-electron chi connectivity index (χ4n) is 6.16. The Morgan fingerprint density at radius 2 is 0.692 bits per heavy atom. The van der Waals surface area contributed by atoms with Crippen molar-refractivity contribution in [1.82, 2.24) is 0 Å². The largest absolute Gasteiger partial charge is 1.00 e. The van der Waals surface area contributed by atoms with E-state index in [9.17, 15) is 0 Å². The van der Waals surface area contributed by atoms with E-state index >= 15 is 0 Å². The topological polar surface area (TPSA) is 16.6 Å². The van der Waals surface area contributed by atoms with Crippen molar-refractivity contribution in [2.45, 2.75) is 26.7 Å². The zero-order valence-corrected chi connectivity index (χ0v) is 32.1. The Balaban J connectivity index is 0.000000233. The monoisotopic (exact) mass is 682 g/mol. The van der Waals surface area contributed by atoms with Crippen molar-refractivity contribution in [3.05, 3.63) is 194 Å². The van der Waals surface area contributed by atoms with Crippen LogP contribution in [0.4, 0.5) is 11.4 Å². The smallest absolute Gasteiger partial charge is 0.135 e. The highest BCUT2D eigenvalue weighted by Crippen LogP contribution is 2.17. The highest BCUT2D eigenvalue weighted by Gasteiger charge is 2.31. The molecule has 264 valence electrons. The maximum Gasteiger partial charge on any atom is 0.135 e. The summed E-state index contributed by atoms with van der Waals surface area (Å²) in [5.41, 5.74) is 7.84. The molecule has 0 saturated heterocycles. The van der Waals surface area contributed by atoms with Crippen LogP contribution in [0.1, 0.15) is 26.7 Å². The second-order valence-corrected chi connectivity index (χ2v) is 14.4. The number of unbranched alkanes of at least 4 members (excludes halogenated alkanes) is 1. The molecular weight excluding hydrogens is 626 g/mol. The van der Waals surface area contributed by atoms with Gasteiger partial charge < -0.3 is 12.9 Å². The van der Waals surface area contributed by atoms with Gasteiger partial charge in [-0.1, -0.05) is 190 Å². The van der Waals surface area contributed by atoms with Gasteiger partial charge in [-0.2, -0.15) is 21.9 Å². The summed E-state index contributed by atoms with van der Waals surface area (Å²) >= 11 is 0. The summed E-state index contributed by atoms with van der Waals surface area (Å²) < 4.78 is 1.00. The first-order valence-corrected chi connectivity index (χ1v) is 18.3. The zero-order valence-electron chi connectivity index (χ0n) is 32.1. The van der Waals surface area contributed by atoms with Crippen molar-refractivity contribution in [2.24, 2.45) is 0 Å². The Morgan fingerprint density at radius 3 is 1.04 bits per heavy atom. The first-order valence-electron chi connectivity index (χ1n) is 18.3. The predicted molar refractivity (Wildman–Crippen MR) is 232 cm³/mol. The van der Waals surface area contributed by atoms with Crippen LogP contribution in [0.15, 0.2) is 194 Å². The Hall–Kier alpha value is -5.15. The number of quaternary nitrogens is 2. The van der Waals surface area contributed by atoms with Crippen LogP contribution in [0, 0.1) is 0 Å². The van der Waals surface area contributed by atoms with Gasteiger partial charge in [0.25, 0.3) is 0 Å². The third-order valence-corrected chi connectivity index (χ3v) is 8.60. The first-order chi connectivity index (χ1) is 24.8. The highest BCUT2D eigenvalue weighted by molar-refractivity contribution is 7.19. The fourth-order valence-corrected chi connectivity index (χ4v) is 6.16. The molecular formula is C48H56B2N2. The molecule has 4 heteroatoms. The molecule has 0 fully saturated rings. The summed E-state index contributed by atoms with van der Waals surface area (Å²) in [5.74, 6) is 0. The molecule has 4 radical (unpaired) electrons. The van der Waals surface area contributed by atoms with E-state index in [1.807, 2.05) is 6.07 Å². The Bertz CT molecular complexity index is 1790. The number of fused-ring (bicyclic) bond motifs is 1. The molecule has 2 N–H and O–H groups in total. The molecule has 0 spiro atoms. The van der Waals surface area contributed by atoms with Crippen molar-refractivity contribution in [1.29, 1.82) is 0 Å². The highest BCUT2D eigenvalue weighted by atomic mass is 15.2. The molecule has 0 unspecified atom stereocenters. The van der Waals surface area contributed by atoms with Crippen LogP contribution in [-0.4, -0.2) is 47.2 Å². The average molecular weight is 683 g/mol. The lowest BCUT2D eigenvalue weighted by Crippen LogP contribution is -2.74. The SMILES string of the molecule is CCCC.C[N+](C)(C)C.[B-].c1ccc([B-](c2ccccc2)(c2ccccc2)c2ccccc2)cc1.c1ccc([NH2+]c2ccc3ccccc3c2)cc1. The fraction of sp³-hybridized carbons (Fsp3) is 0.167. The summed E-state index contributed by atoms with van der Waals surface area (Å²) in [6, 6.07) is 68.9. The summed E-state index contributed by atoms with van der Waals surface area (Å²) in [4.78, 5) is 0. The van der Waals surface area contributed by atoms with E-state index in [1.165, 1.54) is 56.8 Å². The van der Waals surface area contributed by atoms with Gasteiger partial charge >= 0.3 is 0 Å². The second kappa shape index (κ2) is 21.3. The molecule has 7 aromatic carbocycles. The minimum atomic E-state index is -1.22. The maximum atomic E-state index is 2.26. The molecule has 0 bridgehead atoms. The van der Waals surface area contributed by atoms with Gasteiger partial charge in [-0.15, -0.1) is 0 Å². The van der Waals surface area contributed by atoms with Crippen LogP contribution in [0.3, 0.4) is 0 Å². The van der Waals surface area contributed by atoms with E-state index in [1.54, 1.807) is 0 Å². The van der Waals surface area contributed by atoms with Crippen molar-refractivity contribution in [3.8, 4) is 0 Å². The van der Waals surface area contributed by atoms with Gasteiger partial charge in [0.05, 0.1) is 28.2 Å². The average Bonchev–Trinajstić information content (AvgIpc) is 3.17. The van der Waals surface area contributed by atoms with Crippen LogP contribution < -0.4 is 27.2 Å². The van der Waals surface area contributed by atoms with E-state index in [0.717, 1.165) is 4.48 Å². The third kappa shape index (κ3) is 12.3. The van der Waals surface area contributed by atoms with Gasteiger partial charge in [-0.25, -0.2) is 0 Å². The summed E-state index contributed by atoms with van der Waals surface area (Å²) in [6.45, 7) is 4.36. The van der Waals surface area contributed by atoms with E-state index in [4.69, 9.17) is 0 Å². The number of para-hydroxylation sites is 1. The van der Waals surface area contributed by atoms with Crippen molar-refractivity contribution >= 4 is 58.6 Å². The molecule has 7 aromatic rings. The second-order valence-electron chi connectivity index (χ2n) is 14.4. The van der Waals surface area contributed by atoms with Gasteiger partial charge in [0.1, 0.15) is 17.5 Å². The van der Waals surface area contributed by atoms with Gasteiger partial charge in [0.15, 0.2) is 0 Å². The molecule has 0 amide bonds. The molecule has 0 saturated carbocycles. The van der Waals surface area contributed by atoms with Gasteiger partial charge in [-0.3, -0.25) is 5.32 Å². The lowest BCUT2D eigenvalue weighted by atomic mass is 9.13. The molecule has 0 heterocycles. The van der Waals surface area contributed by atoms with Crippen molar-refractivity contribution < 1.29 is 9.80 Å². The molecule has 0 aliphatic rings. The van der Waals surface area contributed by atoms with E-state index in [-0.39, 0.29) is 8.41 Å². The normalized spacial score (nSPS) is 10.6. The Kier molecular flexibility index (Phi) is 16.9. The van der Waals surface area contributed by atoms with E-state index in [2.05, 4.69) is 235 Å². The van der Waals surface area contributed by atoms with Gasteiger partial charge in [0.2, 0.25) is 0 Å². The van der Waals surface area contributed by atoms with Crippen LogP contribution in [0.5, 0.6) is 0 Å². The third-order valence-electron chi connectivity index (χ3n) is 8.60. The molecule has 0 aromatic heterocycles. The van der Waals surface area contributed by atoms with Gasteiger partial charge in [0, 0.05) is 12.1 Å². The minimum Gasteiger partial charge on any atom is -1.00 e. The minimum absolute atomic E-state index is 0. The van der Waals surface area contributed by atoms with Gasteiger partial charge in [-0.05, 0) is 29.0 Å². The van der Waals surface area contributed by atoms with Crippen molar-refractivity contribution in [2.75, 3.05) is 28.2 Å². The summed E-state index contributed by atoms with van der Waals surface area (Å²) in [7, 11) is 8.50. The lowest BCUT2D eigenvalue weighted by molar-refractivity contribution is -0.849. The zero-order chi connectivity index (χ0) is 36.4. The van der Waals surface area contributed by atoms with Crippen LogP contribution in [0.2, 0.25) is 0 Å². The number of nitrogens with two attached hydrogens (primary N) is 1. The Labute approximate surface area is 316 Å².